The molecule has 0 radical (unpaired) electrons. The topological polar surface area (TPSA) is 36.3 Å². The number of benzene rings is 2. The Balaban J connectivity index is 1.73. The zero-order valence-corrected chi connectivity index (χ0v) is 13.7. The number of aryl methyl sites for hydroxylation is 2. The molecule has 0 saturated carbocycles. The van der Waals surface area contributed by atoms with Gasteiger partial charge in [0.1, 0.15) is 11.5 Å². The molecule has 1 atom stereocenters. The van der Waals surface area contributed by atoms with Gasteiger partial charge in [-0.25, -0.2) is 0 Å². The summed E-state index contributed by atoms with van der Waals surface area (Å²) in [6, 6.07) is 17.1. The number of nitriles is 1. The number of hydrogen-bond donors (Lipinski definition) is 0. The van der Waals surface area contributed by atoms with Gasteiger partial charge < -0.3 is 9.64 Å². The minimum atomic E-state index is 0.353. The monoisotopic (exact) mass is 306 g/mol. The van der Waals surface area contributed by atoms with Crippen molar-refractivity contribution in [3.05, 3.63) is 53.6 Å². The smallest absolute Gasteiger partial charge is 0.130 e. The van der Waals surface area contributed by atoms with Gasteiger partial charge in [-0.3, -0.25) is 0 Å². The molecule has 23 heavy (non-hydrogen) atoms. The van der Waals surface area contributed by atoms with Gasteiger partial charge in [0.2, 0.25) is 0 Å². The highest BCUT2D eigenvalue weighted by atomic mass is 16.5. The van der Waals surface area contributed by atoms with Gasteiger partial charge >= 0.3 is 0 Å². The molecule has 1 saturated heterocycles. The summed E-state index contributed by atoms with van der Waals surface area (Å²) in [6.07, 6.45) is 2.86. The van der Waals surface area contributed by atoms with Gasteiger partial charge in [-0.05, 0) is 62.6 Å². The van der Waals surface area contributed by atoms with Crippen molar-refractivity contribution in [1.82, 2.24) is 0 Å². The number of nitrogens with zero attached hydrogens (tertiary/aromatic N) is 2. The molecule has 2 aromatic carbocycles. The van der Waals surface area contributed by atoms with Crippen LogP contribution in [0.25, 0.3) is 0 Å². The zero-order chi connectivity index (χ0) is 16.2. The third-order valence-electron chi connectivity index (χ3n) is 4.43. The van der Waals surface area contributed by atoms with Crippen molar-refractivity contribution in [2.75, 3.05) is 11.4 Å². The van der Waals surface area contributed by atoms with Crippen molar-refractivity contribution in [2.45, 2.75) is 39.2 Å². The quantitative estimate of drug-likeness (QED) is 0.799. The summed E-state index contributed by atoms with van der Waals surface area (Å²) in [7, 11) is 0. The molecule has 0 unspecified atom stereocenters. The molecule has 0 amide bonds. The molecule has 1 aliphatic heterocycles. The van der Waals surface area contributed by atoms with Crippen LogP contribution in [0, 0.1) is 25.2 Å². The summed E-state index contributed by atoms with van der Waals surface area (Å²) in [4.78, 5) is 2.34. The predicted octanol–water partition coefficient (Wildman–Crippen LogP) is 4.98. The van der Waals surface area contributed by atoms with Gasteiger partial charge in [-0.1, -0.05) is 17.7 Å². The van der Waals surface area contributed by atoms with Crippen molar-refractivity contribution in [3.63, 3.8) is 0 Å². The number of ether oxygens (including phenoxy) is 1. The Hall–Kier alpha value is -2.47. The van der Waals surface area contributed by atoms with Crippen LogP contribution in [0.4, 0.5) is 5.69 Å². The summed E-state index contributed by atoms with van der Waals surface area (Å²) < 4.78 is 5.99. The minimum absolute atomic E-state index is 0.353. The number of hydrogen-bond acceptors (Lipinski definition) is 3. The van der Waals surface area contributed by atoms with E-state index in [0.717, 1.165) is 36.4 Å². The fourth-order valence-electron chi connectivity index (χ4n) is 3.24. The predicted molar refractivity (Wildman–Crippen MR) is 93.0 cm³/mol. The van der Waals surface area contributed by atoms with Crippen LogP contribution in [0.2, 0.25) is 0 Å². The van der Waals surface area contributed by atoms with Crippen molar-refractivity contribution < 1.29 is 4.74 Å². The average molecular weight is 306 g/mol. The normalized spacial score (nSPS) is 17.1. The van der Waals surface area contributed by atoms with Crippen LogP contribution < -0.4 is 9.64 Å². The summed E-state index contributed by atoms with van der Waals surface area (Å²) in [5.74, 6) is 1.74. The fourth-order valence-corrected chi connectivity index (χ4v) is 3.24. The average Bonchev–Trinajstić information content (AvgIpc) is 2.99. The SMILES string of the molecule is Cc1ccc(Oc2ccc(N3CCC[C@H]3CC#N)cc2)c(C)c1. The molecule has 0 aliphatic carbocycles. The second-order valence-electron chi connectivity index (χ2n) is 6.22. The third kappa shape index (κ3) is 3.48. The van der Waals surface area contributed by atoms with Crippen LogP contribution in [0.5, 0.6) is 11.5 Å². The Morgan fingerprint density at radius 1 is 1.17 bits per heavy atom. The molecule has 1 aliphatic rings. The molecule has 0 N–H and O–H groups in total. The van der Waals surface area contributed by atoms with Gasteiger partial charge in [0, 0.05) is 18.3 Å². The van der Waals surface area contributed by atoms with E-state index in [4.69, 9.17) is 10.00 Å². The lowest BCUT2D eigenvalue weighted by atomic mass is 10.1. The van der Waals surface area contributed by atoms with E-state index in [1.165, 1.54) is 11.3 Å². The molecule has 3 heteroatoms. The van der Waals surface area contributed by atoms with Gasteiger partial charge in [-0.2, -0.15) is 5.26 Å². The molecule has 3 nitrogen and oxygen atoms in total. The highest BCUT2D eigenvalue weighted by molar-refractivity contribution is 5.52. The van der Waals surface area contributed by atoms with E-state index in [-0.39, 0.29) is 0 Å². The van der Waals surface area contributed by atoms with Gasteiger partial charge in [0.15, 0.2) is 0 Å². The van der Waals surface area contributed by atoms with E-state index < -0.39 is 0 Å². The lowest BCUT2D eigenvalue weighted by molar-refractivity contribution is 0.478. The highest BCUT2D eigenvalue weighted by Crippen LogP contribution is 2.31. The Bertz CT molecular complexity index is 715. The maximum absolute atomic E-state index is 8.95. The maximum Gasteiger partial charge on any atom is 0.130 e. The first kappa shape index (κ1) is 15.4. The molecule has 1 fully saturated rings. The zero-order valence-electron chi connectivity index (χ0n) is 13.7. The summed E-state index contributed by atoms with van der Waals surface area (Å²) in [5.41, 5.74) is 3.56. The van der Waals surface area contributed by atoms with Crippen molar-refractivity contribution in [3.8, 4) is 17.6 Å². The molecule has 118 valence electrons. The molecule has 2 aromatic rings. The maximum atomic E-state index is 8.95. The van der Waals surface area contributed by atoms with E-state index >= 15 is 0 Å². The van der Waals surface area contributed by atoms with Crippen molar-refractivity contribution >= 4 is 5.69 Å². The van der Waals surface area contributed by atoms with Crippen molar-refractivity contribution in [2.24, 2.45) is 0 Å². The second kappa shape index (κ2) is 6.75. The first-order chi connectivity index (χ1) is 11.2. The second-order valence-corrected chi connectivity index (χ2v) is 6.22. The van der Waals surface area contributed by atoms with Gasteiger partial charge in [0.05, 0.1) is 12.5 Å². The molecule has 0 spiro atoms. The van der Waals surface area contributed by atoms with Crippen LogP contribution >= 0.6 is 0 Å². The number of anilines is 1. The molecule has 3 rings (SSSR count). The Labute approximate surface area is 138 Å². The first-order valence-corrected chi connectivity index (χ1v) is 8.16. The van der Waals surface area contributed by atoms with E-state index in [0.29, 0.717) is 12.5 Å². The molecule has 0 bridgehead atoms. The van der Waals surface area contributed by atoms with Crippen LogP contribution in [0.1, 0.15) is 30.4 Å². The third-order valence-corrected chi connectivity index (χ3v) is 4.43. The van der Waals surface area contributed by atoms with E-state index in [1.807, 2.05) is 18.2 Å². The van der Waals surface area contributed by atoms with Crippen LogP contribution in [-0.2, 0) is 0 Å². The van der Waals surface area contributed by atoms with E-state index in [1.54, 1.807) is 0 Å². The Kier molecular flexibility index (Phi) is 4.52. The van der Waals surface area contributed by atoms with Crippen molar-refractivity contribution in [1.29, 1.82) is 5.26 Å². The highest BCUT2D eigenvalue weighted by Gasteiger charge is 2.24. The largest absolute Gasteiger partial charge is 0.457 e. The standard InChI is InChI=1S/C20H22N2O/c1-15-5-10-20(16(2)14-15)23-19-8-6-18(7-9-19)22-13-3-4-17(22)11-12-21/h5-10,14,17H,3-4,11,13H2,1-2H3/t17-/m0/s1. The lowest BCUT2D eigenvalue weighted by Gasteiger charge is -2.25. The Morgan fingerprint density at radius 2 is 1.96 bits per heavy atom. The van der Waals surface area contributed by atoms with E-state index in [2.05, 4.69) is 49.1 Å². The van der Waals surface area contributed by atoms with Crippen LogP contribution in [-0.4, -0.2) is 12.6 Å². The Morgan fingerprint density at radius 3 is 2.65 bits per heavy atom. The molecule has 0 aromatic heterocycles. The summed E-state index contributed by atoms with van der Waals surface area (Å²) in [5, 5.41) is 8.95. The molecule has 1 heterocycles. The summed E-state index contributed by atoms with van der Waals surface area (Å²) >= 11 is 0. The number of rotatable bonds is 4. The minimum Gasteiger partial charge on any atom is -0.457 e. The van der Waals surface area contributed by atoms with Gasteiger partial charge in [-0.15, -0.1) is 0 Å². The summed E-state index contributed by atoms with van der Waals surface area (Å²) in [6.45, 7) is 5.18. The van der Waals surface area contributed by atoms with E-state index in [9.17, 15) is 0 Å². The lowest BCUT2D eigenvalue weighted by Crippen LogP contribution is -2.28. The first-order valence-electron chi connectivity index (χ1n) is 8.16. The van der Waals surface area contributed by atoms with Crippen LogP contribution in [0.3, 0.4) is 0 Å². The van der Waals surface area contributed by atoms with Crippen LogP contribution in [0.15, 0.2) is 42.5 Å². The fraction of sp³-hybridized carbons (Fsp3) is 0.350. The molecular formula is C20H22N2O. The van der Waals surface area contributed by atoms with Gasteiger partial charge in [0.25, 0.3) is 0 Å². The molecular weight excluding hydrogens is 284 g/mol.